The van der Waals surface area contributed by atoms with Crippen LogP contribution in [0.2, 0.25) is 0 Å². The first kappa shape index (κ1) is 14.1. The highest BCUT2D eigenvalue weighted by Crippen LogP contribution is 2.18. The van der Waals surface area contributed by atoms with Crippen molar-refractivity contribution < 1.29 is 9.53 Å². The highest BCUT2D eigenvalue weighted by Gasteiger charge is 2.13. The van der Waals surface area contributed by atoms with E-state index in [-0.39, 0.29) is 11.7 Å². The molecule has 0 bridgehead atoms. The van der Waals surface area contributed by atoms with E-state index in [1.54, 1.807) is 4.68 Å². The molecule has 4 N–H and O–H groups in total. The molecule has 0 fully saturated rings. The van der Waals surface area contributed by atoms with Crippen LogP contribution in [0.25, 0.3) is 0 Å². The van der Waals surface area contributed by atoms with Gasteiger partial charge in [0.2, 0.25) is 0 Å². The van der Waals surface area contributed by atoms with Crippen LogP contribution in [0.1, 0.15) is 32.6 Å². The van der Waals surface area contributed by atoms with E-state index in [4.69, 9.17) is 11.5 Å². The standard InChI is InChI=1S/C11H21N5O2/c1-3-4-5-6-7-15(2)16-8-14-10(9(16)12)18-11(13)17/h8H,3-7,12H2,1-2H3,(H2,13,17). The summed E-state index contributed by atoms with van der Waals surface area (Å²) in [7, 11) is 1.90. The van der Waals surface area contributed by atoms with Gasteiger partial charge in [-0.1, -0.05) is 26.2 Å². The van der Waals surface area contributed by atoms with Gasteiger partial charge in [-0.15, -0.1) is 0 Å². The number of imidazole rings is 1. The Morgan fingerprint density at radius 3 is 2.83 bits per heavy atom. The fraction of sp³-hybridized carbons (Fsp3) is 0.636. The largest absolute Gasteiger partial charge is 0.411 e. The highest BCUT2D eigenvalue weighted by molar-refractivity contribution is 5.69. The van der Waals surface area contributed by atoms with Crippen molar-refractivity contribution in [1.29, 1.82) is 0 Å². The van der Waals surface area contributed by atoms with Crippen molar-refractivity contribution >= 4 is 11.9 Å². The van der Waals surface area contributed by atoms with E-state index in [9.17, 15) is 4.79 Å². The Kier molecular flexibility index (Phi) is 5.29. The zero-order valence-corrected chi connectivity index (χ0v) is 10.9. The second-order valence-electron chi connectivity index (χ2n) is 4.14. The molecular weight excluding hydrogens is 234 g/mol. The second-order valence-corrected chi connectivity index (χ2v) is 4.14. The number of unbranched alkanes of at least 4 members (excludes halogenated alkanes) is 3. The number of anilines is 1. The number of carbonyl (C=O) groups excluding carboxylic acids is 1. The zero-order valence-electron chi connectivity index (χ0n) is 10.9. The van der Waals surface area contributed by atoms with Crippen molar-refractivity contribution in [3.63, 3.8) is 0 Å². The maximum absolute atomic E-state index is 10.6. The normalized spacial score (nSPS) is 10.3. The Labute approximate surface area is 107 Å². The Hall–Kier alpha value is -1.92. The summed E-state index contributed by atoms with van der Waals surface area (Å²) < 4.78 is 6.32. The lowest BCUT2D eigenvalue weighted by Gasteiger charge is -2.21. The van der Waals surface area contributed by atoms with Crippen LogP contribution in [0.3, 0.4) is 0 Å². The number of hydrogen-bond donors (Lipinski definition) is 2. The Bertz CT molecular complexity index is 391. The minimum atomic E-state index is -0.919. The second kappa shape index (κ2) is 6.73. The molecule has 0 saturated heterocycles. The van der Waals surface area contributed by atoms with Crippen molar-refractivity contribution in [2.75, 3.05) is 24.3 Å². The number of amides is 1. The van der Waals surface area contributed by atoms with E-state index in [0.29, 0.717) is 0 Å². The topological polar surface area (TPSA) is 99.4 Å². The molecule has 0 unspecified atom stereocenters. The fourth-order valence-electron chi connectivity index (χ4n) is 1.65. The zero-order chi connectivity index (χ0) is 13.5. The Balaban J connectivity index is 2.55. The summed E-state index contributed by atoms with van der Waals surface area (Å²) in [5.41, 5.74) is 10.7. The molecule has 0 aliphatic heterocycles. The van der Waals surface area contributed by atoms with Gasteiger partial charge >= 0.3 is 6.09 Å². The van der Waals surface area contributed by atoms with Crippen LogP contribution < -0.4 is 21.2 Å². The van der Waals surface area contributed by atoms with Crippen molar-refractivity contribution in [2.45, 2.75) is 32.6 Å². The molecule has 1 heterocycles. The van der Waals surface area contributed by atoms with Crippen molar-refractivity contribution in [3.8, 4) is 5.88 Å². The lowest BCUT2D eigenvalue weighted by molar-refractivity contribution is 0.209. The molecule has 0 aromatic carbocycles. The van der Waals surface area contributed by atoms with Crippen LogP contribution in [0.5, 0.6) is 5.88 Å². The maximum Gasteiger partial charge on any atom is 0.411 e. The molecule has 0 atom stereocenters. The average Bonchev–Trinajstić information content (AvgIpc) is 2.66. The molecule has 7 heteroatoms. The third-order valence-electron chi connectivity index (χ3n) is 2.65. The number of rotatable bonds is 7. The molecule has 0 aliphatic rings. The van der Waals surface area contributed by atoms with Crippen LogP contribution in [0, 0.1) is 0 Å². The monoisotopic (exact) mass is 255 g/mol. The number of hydrogen-bond acceptors (Lipinski definition) is 5. The molecule has 18 heavy (non-hydrogen) atoms. The summed E-state index contributed by atoms with van der Waals surface area (Å²) in [4.78, 5) is 14.5. The third-order valence-corrected chi connectivity index (χ3v) is 2.65. The minimum Gasteiger partial charge on any atom is -0.387 e. The first-order valence-corrected chi connectivity index (χ1v) is 6.07. The molecule has 0 saturated carbocycles. The average molecular weight is 255 g/mol. The van der Waals surface area contributed by atoms with Crippen LogP contribution in [0.4, 0.5) is 10.6 Å². The van der Waals surface area contributed by atoms with Gasteiger partial charge in [-0.2, -0.15) is 4.98 Å². The SMILES string of the molecule is CCCCCCN(C)n1cnc(OC(N)=O)c1N. The van der Waals surface area contributed by atoms with Gasteiger partial charge in [-0.25, -0.2) is 9.47 Å². The van der Waals surface area contributed by atoms with E-state index in [1.807, 2.05) is 12.1 Å². The van der Waals surface area contributed by atoms with Crippen molar-refractivity contribution in [1.82, 2.24) is 9.66 Å². The van der Waals surface area contributed by atoms with E-state index in [1.165, 1.54) is 25.6 Å². The summed E-state index contributed by atoms with van der Waals surface area (Å²) in [6.07, 6.45) is 5.27. The van der Waals surface area contributed by atoms with Crippen molar-refractivity contribution in [3.05, 3.63) is 6.33 Å². The lowest BCUT2D eigenvalue weighted by atomic mass is 10.2. The van der Waals surface area contributed by atoms with Gasteiger partial charge in [0.05, 0.1) is 0 Å². The van der Waals surface area contributed by atoms with Crippen LogP contribution >= 0.6 is 0 Å². The minimum absolute atomic E-state index is 0.0444. The number of nitrogens with zero attached hydrogens (tertiary/aromatic N) is 3. The van der Waals surface area contributed by atoms with Gasteiger partial charge in [-0.3, -0.25) is 0 Å². The molecule has 0 aliphatic carbocycles. The number of nitrogen functional groups attached to an aromatic ring is 1. The van der Waals surface area contributed by atoms with E-state index < -0.39 is 6.09 Å². The lowest BCUT2D eigenvalue weighted by Crippen LogP contribution is -2.31. The van der Waals surface area contributed by atoms with Gasteiger partial charge in [0.25, 0.3) is 5.88 Å². The number of carbonyl (C=O) groups is 1. The summed E-state index contributed by atoms with van der Waals surface area (Å²) >= 11 is 0. The summed E-state index contributed by atoms with van der Waals surface area (Å²) in [5, 5.41) is 1.92. The predicted octanol–water partition coefficient (Wildman–Crippen LogP) is 1.07. The molecule has 0 radical (unpaired) electrons. The molecule has 1 amide bonds. The fourth-order valence-corrected chi connectivity index (χ4v) is 1.65. The molecule has 0 spiro atoms. The van der Waals surface area contributed by atoms with Gasteiger partial charge in [0.1, 0.15) is 6.33 Å². The first-order valence-electron chi connectivity index (χ1n) is 6.07. The number of primary amides is 1. The molecule has 1 aromatic rings. The molecule has 1 aromatic heterocycles. The number of ether oxygens (including phenoxy) is 1. The van der Waals surface area contributed by atoms with E-state index in [0.717, 1.165) is 13.0 Å². The quantitative estimate of drug-likeness (QED) is 0.710. The number of nitrogens with two attached hydrogens (primary N) is 2. The van der Waals surface area contributed by atoms with Gasteiger partial charge in [-0.05, 0) is 6.42 Å². The summed E-state index contributed by atoms with van der Waals surface area (Å²) in [6, 6.07) is 0. The van der Waals surface area contributed by atoms with Gasteiger partial charge in [0, 0.05) is 13.6 Å². The molecular formula is C11H21N5O2. The van der Waals surface area contributed by atoms with Crippen LogP contribution in [-0.4, -0.2) is 29.3 Å². The highest BCUT2D eigenvalue weighted by atomic mass is 16.6. The Morgan fingerprint density at radius 1 is 1.50 bits per heavy atom. The third kappa shape index (κ3) is 3.83. The van der Waals surface area contributed by atoms with Gasteiger partial charge in [0.15, 0.2) is 5.82 Å². The number of aromatic nitrogens is 2. The smallest absolute Gasteiger partial charge is 0.387 e. The van der Waals surface area contributed by atoms with E-state index >= 15 is 0 Å². The van der Waals surface area contributed by atoms with Crippen LogP contribution in [-0.2, 0) is 0 Å². The predicted molar refractivity (Wildman–Crippen MR) is 70.0 cm³/mol. The summed E-state index contributed by atoms with van der Waals surface area (Å²) in [5.74, 6) is 0.315. The first-order chi connectivity index (χ1) is 8.56. The molecule has 1 rings (SSSR count). The molecule has 7 nitrogen and oxygen atoms in total. The van der Waals surface area contributed by atoms with E-state index in [2.05, 4.69) is 16.6 Å². The summed E-state index contributed by atoms with van der Waals surface area (Å²) in [6.45, 7) is 3.03. The molecule has 102 valence electrons. The van der Waals surface area contributed by atoms with Gasteiger partial charge < -0.3 is 21.2 Å². The van der Waals surface area contributed by atoms with Crippen molar-refractivity contribution in [2.24, 2.45) is 5.73 Å². The van der Waals surface area contributed by atoms with Crippen LogP contribution in [0.15, 0.2) is 6.33 Å². The maximum atomic E-state index is 10.6. The Morgan fingerprint density at radius 2 is 2.22 bits per heavy atom.